The van der Waals surface area contributed by atoms with Crippen molar-refractivity contribution in [3.8, 4) is 17.6 Å². The molecule has 0 saturated carbocycles. The normalized spacial score (nSPS) is 11.1. The standard InChI is InChI=1S/C21H20BrClN2O3/c1-13(2)25-21(26)16(11-24)8-15-9-18(22)20(19(10-15)27-3)28-12-14-4-6-17(23)7-5-14/h4-10,13H,12H2,1-3H3,(H,25,26)/b16-8-. The lowest BCUT2D eigenvalue weighted by Gasteiger charge is -2.14. The van der Waals surface area contributed by atoms with Crippen molar-refractivity contribution in [1.29, 1.82) is 5.26 Å². The van der Waals surface area contributed by atoms with Crippen LogP contribution >= 0.6 is 27.5 Å². The minimum absolute atomic E-state index is 0.0116. The third-order valence-corrected chi connectivity index (χ3v) is 4.49. The van der Waals surface area contributed by atoms with E-state index in [1.165, 1.54) is 13.2 Å². The Kier molecular flexibility index (Phi) is 7.91. The fraction of sp³-hybridized carbons (Fsp3) is 0.238. The Morgan fingerprint density at radius 3 is 2.57 bits per heavy atom. The molecule has 0 unspecified atom stereocenters. The molecule has 0 aromatic heterocycles. The van der Waals surface area contributed by atoms with E-state index < -0.39 is 5.91 Å². The summed E-state index contributed by atoms with van der Waals surface area (Å²) in [5, 5.41) is 12.7. The van der Waals surface area contributed by atoms with E-state index in [1.54, 1.807) is 24.3 Å². The smallest absolute Gasteiger partial charge is 0.262 e. The molecule has 0 spiro atoms. The van der Waals surface area contributed by atoms with Crippen molar-refractivity contribution in [1.82, 2.24) is 5.32 Å². The maximum absolute atomic E-state index is 12.1. The molecule has 7 heteroatoms. The van der Waals surface area contributed by atoms with E-state index in [4.69, 9.17) is 21.1 Å². The molecule has 0 heterocycles. The van der Waals surface area contributed by atoms with Crippen molar-refractivity contribution in [3.05, 3.63) is 62.6 Å². The Balaban J connectivity index is 2.27. The number of methoxy groups -OCH3 is 1. The Labute approximate surface area is 178 Å². The zero-order chi connectivity index (χ0) is 20.7. The van der Waals surface area contributed by atoms with Crippen LogP contribution in [0.15, 0.2) is 46.4 Å². The van der Waals surface area contributed by atoms with Crippen LogP contribution in [0.1, 0.15) is 25.0 Å². The van der Waals surface area contributed by atoms with Gasteiger partial charge < -0.3 is 14.8 Å². The monoisotopic (exact) mass is 462 g/mol. The Bertz CT molecular complexity index is 918. The second kappa shape index (κ2) is 10.2. The number of nitriles is 1. The summed E-state index contributed by atoms with van der Waals surface area (Å²) in [5.41, 5.74) is 1.61. The topological polar surface area (TPSA) is 71.3 Å². The number of carbonyl (C=O) groups is 1. The van der Waals surface area contributed by atoms with Gasteiger partial charge in [-0.2, -0.15) is 5.26 Å². The molecular weight excluding hydrogens is 444 g/mol. The van der Waals surface area contributed by atoms with Crippen LogP contribution in [0.5, 0.6) is 11.5 Å². The average molecular weight is 464 g/mol. The van der Waals surface area contributed by atoms with Crippen LogP contribution in [-0.4, -0.2) is 19.1 Å². The van der Waals surface area contributed by atoms with Crippen LogP contribution in [0.3, 0.4) is 0 Å². The number of halogens is 2. The molecule has 2 rings (SSSR count). The van der Waals surface area contributed by atoms with E-state index in [-0.39, 0.29) is 11.6 Å². The summed E-state index contributed by atoms with van der Waals surface area (Å²) in [4.78, 5) is 12.1. The zero-order valence-electron chi connectivity index (χ0n) is 15.8. The van der Waals surface area contributed by atoms with Crippen molar-refractivity contribution < 1.29 is 14.3 Å². The highest BCUT2D eigenvalue weighted by molar-refractivity contribution is 9.10. The number of hydrogen-bond acceptors (Lipinski definition) is 4. The van der Waals surface area contributed by atoms with Gasteiger partial charge in [0, 0.05) is 11.1 Å². The van der Waals surface area contributed by atoms with Crippen molar-refractivity contribution in [2.75, 3.05) is 7.11 Å². The second-order valence-corrected chi connectivity index (χ2v) is 7.54. The quantitative estimate of drug-likeness (QED) is 0.457. The number of benzene rings is 2. The van der Waals surface area contributed by atoms with Crippen molar-refractivity contribution in [2.45, 2.75) is 26.5 Å². The fourth-order valence-electron chi connectivity index (χ4n) is 2.35. The van der Waals surface area contributed by atoms with E-state index in [1.807, 2.05) is 32.0 Å². The Morgan fingerprint density at radius 1 is 1.32 bits per heavy atom. The van der Waals surface area contributed by atoms with Crippen LogP contribution in [0.25, 0.3) is 6.08 Å². The summed E-state index contributed by atoms with van der Waals surface area (Å²) in [7, 11) is 1.53. The van der Waals surface area contributed by atoms with Crippen LogP contribution in [-0.2, 0) is 11.4 Å². The maximum atomic E-state index is 12.1. The summed E-state index contributed by atoms with van der Waals surface area (Å²) in [6, 6.07) is 12.7. The van der Waals surface area contributed by atoms with Crippen LogP contribution in [0, 0.1) is 11.3 Å². The van der Waals surface area contributed by atoms with E-state index in [0.717, 1.165) is 5.56 Å². The van der Waals surface area contributed by atoms with Crippen molar-refractivity contribution >= 4 is 39.5 Å². The van der Waals surface area contributed by atoms with Gasteiger partial charge >= 0.3 is 0 Å². The molecule has 0 saturated heterocycles. The van der Waals surface area contributed by atoms with Gasteiger partial charge in [-0.05, 0) is 71.2 Å². The van der Waals surface area contributed by atoms with Crippen LogP contribution < -0.4 is 14.8 Å². The predicted molar refractivity (Wildman–Crippen MR) is 113 cm³/mol. The van der Waals surface area contributed by atoms with Gasteiger partial charge in [-0.15, -0.1) is 0 Å². The highest BCUT2D eigenvalue weighted by atomic mass is 79.9. The van der Waals surface area contributed by atoms with Gasteiger partial charge in [0.15, 0.2) is 11.5 Å². The van der Waals surface area contributed by atoms with E-state index >= 15 is 0 Å². The summed E-state index contributed by atoms with van der Waals surface area (Å²) in [6.45, 7) is 4.00. The number of nitrogens with one attached hydrogen (secondary N) is 1. The Hall–Kier alpha value is -2.49. The SMILES string of the molecule is COc1cc(/C=C(/C#N)C(=O)NC(C)C)cc(Br)c1OCc1ccc(Cl)cc1. The molecule has 0 aliphatic rings. The molecule has 0 radical (unpaired) electrons. The van der Waals surface area contributed by atoms with Crippen molar-refractivity contribution in [2.24, 2.45) is 0 Å². The minimum atomic E-state index is -0.421. The first kappa shape index (κ1) is 21.8. The summed E-state index contributed by atoms with van der Waals surface area (Å²) < 4.78 is 12.0. The van der Waals surface area contributed by atoms with Crippen LogP contribution in [0.4, 0.5) is 0 Å². The lowest BCUT2D eigenvalue weighted by atomic mass is 10.1. The molecule has 2 aromatic rings. The van der Waals surface area contributed by atoms with Crippen molar-refractivity contribution in [3.63, 3.8) is 0 Å². The highest BCUT2D eigenvalue weighted by Gasteiger charge is 2.14. The van der Waals surface area contributed by atoms with E-state index in [2.05, 4.69) is 21.2 Å². The minimum Gasteiger partial charge on any atom is -0.493 e. The molecule has 146 valence electrons. The largest absolute Gasteiger partial charge is 0.493 e. The molecule has 0 fully saturated rings. The number of rotatable bonds is 7. The van der Waals surface area contributed by atoms with Gasteiger partial charge in [-0.25, -0.2) is 0 Å². The summed E-state index contributed by atoms with van der Waals surface area (Å²) in [5.74, 6) is 0.589. The second-order valence-electron chi connectivity index (χ2n) is 6.25. The van der Waals surface area contributed by atoms with E-state index in [0.29, 0.717) is 33.2 Å². The third-order valence-electron chi connectivity index (χ3n) is 3.64. The molecule has 1 N–H and O–H groups in total. The van der Waals surface area contributed by atoms with Gasteiger partial charge in [0.1, 0.15) is 18.2 Å². The maximum Gasteiger partial charge on any atom is 0.262 e. The number of hydrogen-bond donors (Lipinski definition) is 1. The molecule has 2 aromatic carbocycles. The first-order chi connectivity index (χ1) is 13.3. The lowest BCUT2D eigenvalue weighted by molar-refractivity contribution is -0.117. The molecule has 1 amide bonds. The zero-order valence-corrected chi connectivity index (χ0v) is 18.1. The van der Waals surface area contributed by atoms with Gasteiger partial charge in [0.25, 0.3) is 5.91 Å². The number of ether oxygens (including phenoxy) is 2. The molecule has 0 aliphatic heterocycles. The number of carbonyl (C=O) groups excluding carboxylic acids is 1. The van der Waals surface area contributed by atoms with Crippen LogP contribution in [0.2, 0.25) is 5.02 Å². The first-order valence-corrected chi connectivity index (χ1v) is 9.68. The summed E-state index contributed by atoms with van der Waals surface area (Å²) in [6.07, 6.45) is 1.51. The first-order valence-electron chi connectivity index (χ1n) is 8.51. The van der Waals surface area contributed by atoms with Gasteiger partial charge in [0.2, 0.25) is 0 Å². The molecule has 0 bridgehead atoms. The van der Waals surface area contributed by atoms with Gasteiger partial charge in [-0.1, -0.05) is 23.7 Å². The molecule has 5 nitrogen and oxygen atoms in total. The number of amides is 1. The third kappa shape index (κ3) is 6.01. The Morgan fingerprint density at radius 2 is 2.00 bits per heavy atom. The van der Waals surface area contributed by atoms with E-state index in [9.17, 15) is 10.1 Å². The average Bonchev–Trinajstić information content (AvgIpc) is 2.65. The van der Waals surface area contributed by atoms with Gasteiger partial charge in [0.05, 0.1) is 11.6 Å². The molecule has 28 heavy (non-hydrogen) atoms. The molecule has 0 atom stereocenters. The highest BCUT2D eigenvalue weighted by Crippen LogP contribution is 2.37. The summed E-state index contributed by atoms with van der Waals surface area (Å²) >= 11 is 9.37. The predicted octanol–water partition coefficient (Wildman–Crippen LogP) is 5.12. The molecule has 0 aliphatic carbocycles. The lowest BCUT2D eigenvalue weighted by Crippen LogP contribution is -2.30. The molecular formula is C21H20BrClN2O3. The fourth-order valence-corrected chi connectivity index (χ4v) is 3.05. The van der Waals surface area contributed by atoms with Gasteiger partial charge in [-0.3, -0.25) is 4.79 Å². The number of nitrogens with zero attached hydrogens (tertiary/aromatic N) is 1.